The quantitative estimate of drug-likeness (QED) is 0.724. The number of rotatable bonds is 2. The highest BCUT2D eigenvalue weighted by Gasteiger charge is 2.15. The first-order valence-electron chi connectivity index (χ1n) is 5.88. The molecular formula is C14H11ClFN3S. The Kier molecular flexibility index (Phi) is 3.31. The summed E-state index contributed by atoms with van der Waals surface area (Å²) in [4.78, 5) is 5.28. The third kappa shape index (κ3) is 2.03. The molecule has 0 spiro atoms. The highest BCUT2D eigenvalue weighted by molar-refractivity contribution is 7.98. The molecule has 20 heavy (non-hydrogen) atoms. The van der Waals surface area contributed by atoms with Gasteiger partial charge in [-0.05, 0) is 24.5 Å². The van der Waals surface area contributed by atoms with E-state index < -0.39 is 5.82 Å². The SMILES string of the molecule is CSc1ccccc1-n1c(N)nc2cc(Cl)c(F)cc21. The molecular weight excluding hydrogens is 297 g/mol. The van der Waals surface area contributed by atoms with Crippen molar-refractivity contribution >= 4 is 40.3 Å². The lowest BCUT2D eigenvalue weighted by Gasteiger charge is -2.10. The summed E-state index contributed by atoms with van der Waals surface area (Å²) in [5, 5.41) is 0.0419. The lowest BCUT2D eigenvalue weighted by Crippen LogP contribution is -2.02. The summed E-state index contributed by atoms with van der Waals surface area (Å²) in [6.45, 7) is 0. The Morgan fingerprint density at radius 3 is 2.80 bits per heavy atom. The van der Waals surface area contributed by atoms with Gasteiger partial charge in [-0.25, -0.2) is 9.37 Å². The summed E-state index contributed by atoms with van der Waals surface area (Å²) in [6.07, 6.45) is 1.98. The third-order valence-corrected chi connectivity index (χ3v) is 4.12. The predicted octanol–water partition coefficient (Wildman–Crippen LogP) is 4.12. The smallest absolute Gasteiger partial charge is 0.205 e. The monoisotopic (exact) mass is 307 g/mol. The van der Waals surface area contributed by atoms with Gasteiger partial charge in [0, 0.05) is 11.0 Å². The normalized spacial score (nSPS) is 11.2. The number of halogens is 2. The lowest BCUT2D eigenvalue weighted by molar-refractivity contribution is 0.629. The number of hydrogen-bond donors (Lipinski definition) is 1. The number of thioether (sulfide) groups is 1. The van der Waals surface area contributed by atoms with Gasteiger partial charge in [0.2, 0.25) is 5.95 Å². The zero-order valence-corrected chi connectivity index (χ0v) is 12.2. The molecule has 1 heterocycles. The minimum Gasteiger partial charge on any atom is -0.369 e. The number of para-hydroxylation sites is 1. The van der Waals surface area contributed by atoms with E-state index in [1.807, 2.05) is 30.5 Å². The van der Waals surface area contributed by atoms with Gasteiger partial charge in [-0.1, -0.05) is 23.7 Å². The number of hydrogen-bond acceptors (Lipinski definition) is 3. The topological polar surface area (TPSA) is 43.8 Å². The first-order chi connectivity index (χ1) is 9.61. The van der Waals surface area contributed by atoms with Crippen molar-refractivity contribution in [3.63, 3.8) is 0 Å². The van der Waals surface area contributed by atoms with Crippen molar-refractivity contribution in [2.45, 2.75) is 4.90 Å². The van der Waals surface area contributed by atoms with E-state index in [9.17, 15) is 4.39 Å². The van der Waals surface area contributed by atoms with Gasteiger partial charge in [0.1, 0.15) is 5.82 Å². The van der Waals surface area contributed by atoms with Gasteiger partial charge in [0.05, 0.1) is 21.7 Å². The Bertz CT molecular complexity index is 800. The van der Waals surface area contributed by atoms with E-state index in [0.29, 0.717) is 17.0 Å². The van der Waals surface area contributed by atoms with E-state index in [-0.39, 0.29) is 5.02 Å². The molecule has 6 heteroatoms. The van der Waals surface area contributed by atoms with Gasteiger partial charge in [0.25, 0.3) is 0 Å². The van der Waals surface area contributed by atoms with Gasteiger partial charge in [-0.2, -0.15) is 0 Å². The van der Waals surface area contributed by atoms with Gasteiger partial charge in [-0.3, -0.25) is 4.57 Å². The van der Waals surface area contributed by atoms with Crippen molar-refractivity contribution in [1.29, 1.82) is 0 Å². The average Bonchev–Trinajstić information content (AvgIpc) is 2.74. The Morgan fingerprint density at radius 1 is 1.30 bits per heavy atom. The molecule has 1 aromatic heterocycles. The molecule has 0 aliphatic heterocycles. The molecule has 0 saturated heterocycles. The first-order valence-corrected chi connectivity index (χ1v) is 7.48. The Morgan fingerprint density at radius 2 is 2.05 bits per heavy atom. The van der Waals surface area contributed by atoms with Crippen LogP contribution in [-0.4, -0.2) is 15.8 Å². The van der Waals surface area contributed by atoms with E-state index >= 15 is 0 Å². The number of nitrogens with zero attached hydrogens (tertiary/aromatic N) is 2. The maximum Gasteiger partial charge on any atom is 0.205 e. The van der Waals surface area contributed by atoms with Crippen LogP contribution >= 0.6 is 23.4 Å². The van der Waals surface area contributed by atoms with Crippen LogP contribution in [0.25, 0.3) is 16.7 Å². The van der Waals surface area contributed by atoms with Gasteiger partial charge in [0.15, 0.2) is 0 Å². The molecule has 0 aliphatic carbocycles. The van der Waals surface area contributed by atoms with E-state index in [1.165, 1.54) is 12.1 Å². The third-order valence-electron chi connectivity index (χ3n) is 3.05. The van der Waals surface area contributed by atoms with E-state index in [1.54, 1.807) is 16.3 Å². The van der Waals surface area contributed by atoms with Crippen LogP contribution in [0.3, 0.4) is 0 Å². The summed E-state index contributed by atoms with van der Waals surface area (Å²) in [7, 11) is 0. The second kappa shape index (κ2) is 5.00. The largest absolute Gasteiger partial charge is 0.369 e. The predicted molar refractivity (Wildman–Crippen MR) is 82.2 cm³/mol. The zero-order valence-electron chi connectivity index (χ0n) is 10.6. The summed E-state index contributed by atoms with van der Waals surface area (Å²) in [5.74, 6) is -0.176. The summed E-state index contributed by atoms with van der Waals surface area (Å²) >= 11 is 7.38. The first kappa shape index (κ1) is 13.3. The maximum absolute atomic E-state index is 13.7. The molecule has 0 bridgehead atoms. The number of aromatic nitrogens is 2. The highest BCUT2D eigenvalue weighted by atomic mass is 35.5. The van der Waals surface area contributed by atoms with E-state index in [0.717, 1.165) is 10.6 Å². The summed E-state index contributed by atoms with van der Waals surface area (Å²) < 4.78 is 15.5. The fraction of sp³-hybridized carbons (Fsp3) is 0.0714. The number of nitrogen functional groups attached to an aromatic ring is 1. The van der Waals surface area contributed by atoms with Gasteiger partial charge >= 0.3 is 0 Å². The summed E-state index contributed by atoms with van der Waals surface area (Å²) in [6, 6.07) is 10.6. The van der Waals surface area contributed by atoms with Crippen LogP contribution < -0.4 is 5.73 Å². The molecule has 102 valence electrons. The van der Waals surface area contributed by atoms with E-state index in [2.05, 4.69) is 4.98 Å². The number of benzene rings is 2. The molecule has 0 saturated carbocycles. The van der Waals surface area contributed by atoms with Gasteiger partial charge < -0.3 is 5.73 Å². The molecule has 0 unspecified atom stereocenters. The van der Waals surface area contributed by atoms with Crippen molar-refractivity contribution in [3.05, 3.63) is 47.2 Å². The molecule has 0 radical (unpaired) electrons. The second-order valence-electron chi connectivity index (χ2n) is 4.23. The molecule has 0 atom stereocenters. The lowest BCUT2D eigenvalue weighted by atomic mass is 10.2. The van der Waals surface area contributed by atoms with Crippen LogP contribution in [0.15, 0.2) is 41.3 Å². The molecule has 3 aromatic rings. The van der Waals surface area contributed by atoms with Crippen molar-refractivity contribution in [1.82, 2.24) is 9.55 Å². The van der Waals surface area contributed by atoms with Crippen molar-refractivity contribution in [3.8, 4) is 5.69 Å². The van der Waals surface area contributed by atoms with Crippen molar-refractivity contribution in [2.75, 3.05) is 12.0 Å². The molecule has 0 fully saturated rings. The number of imidazole rings is 1. The molecule has 0 aliphatic rings. The molecule has 2 N–H and O–H groups in total. The van der Waals surface area contributed by atoms with Crippen LogP contribution in [0, 0.1) is 5.82 Å². The molecule has 3 nitrogen and oxygen atoms in total. The Labute approximate surface area is 124 Å². The van der Waals surface area contributed by atoms with Crippen LogP contribution in [-0.2, 0) is 0 Å². The van der Waals surface area contributed by atoms with Crippen LogP contribution in [0.1, 0.15) is 0 Å². The Hall–Kier alpha value is -1.72. The fourth-order valence-electron chi connectivity index (χ4n) is 2.16. The molecule has 2 aromatic carbocycles. The fourth-order valence-corrected chi connectivity index (χ4v) is 2.90. The van der Waals surface area contributed by atoms with Crippen molar-refractivity contribution in [2.24, 2.45) is 0 Å². The summed E-state index contributed by atoms with van der Waals surface area (Å²) in [5.41, 5.74) is 8.04. The number of fused-ring (bicyclic) bond motifs is 1. The Balaban J connectivity index is 2.36. The van der Waals surface area contributed by atoms with Gasteiger partial charge in [-0.15, -0.1) is 11.8 Å². The molecule has 0 amide bonds. The minimum absolute atomic E-state index is 0.0419. The van der Waals surface area contributed by atoms with Crippen LogP contribution in [0.5, 0.6) is 0 Å². The van der Waals surface area contributed by atoms with Crippen molar-refractivity contribution < 1.29 is 4.39 Å². The minimum atomic E-state index is -0.484. The number of nitrogens with two attached hydrogens (primary N) is 1. The standard InChI is InChI=1S/C14H11ClFN3S/c1-20-13-5-3-2-4-11(13)19-12-7-9(16)8(15)6-10(12)18-14(19)17/h2-7H,1H3,(H2,17,18). The molecule has 3 rings (SSSR count). The van der Waals surface area contributed by atoms with E-state index in [4.69, 9.17) is 17.3 Å². The highest BCUT2D eigenvalue weighted by Crippen LogP contribution is 2.31. The number of anilines is 1. The zero-order chi connectivity index (χ0) is 14.3. The van der Waals surface area contributed by atoms with Crippen LogP contribution in [0.4, 0.5) is 10.3 Å². The maximum atomic E-state index is 13.7. The van der Waals surface area contributed by atoms with Crippen LogP contribution in [0.2, 0.25) is 5.02 Å². The average molecular weight is 308 g/mol. The second-order valence-corrected chi connectivity index (χ2v) is 5.49.